The number of non-ortho nitro benzene ring substituents is 1. The van der Waals surface area contributed by atoms with Crippen LogP contribution in [0.3, 0.4) is 0 Å². The lowest BCUT2D eigenvalue weighted by atomic mass is 10.1. The zero-order chi connectivity index (χ0) is 20.1. The molecule has 1 aromatic heterocycles. The molecule has 0 spiro atoms. The van der Waals surface area contributed by atoms with E-state index in [1.54, 1.807) is 44.6 Å². The predicted molar refractivity (Wildman–Crippen MR) is 107 cm³/mol. The van der Waals surface area contributed by atoms with E-state index in [2.05, 4.69) is 11.1 Å². The van der Waals surface area contributed by atoms with E-state index in [1.807, 2.05) is 11.4 Å². The van der Waals surface area contributed by atoms with Crippen LogP contribution in [0.25, 0.3) is 22.9 Å². The summed E-state index contributed by atoms with van der Waals surface area (Å²) in [6, 6.07) is 13.7. The first-order chi connectivity index (χ1) is 13.5. The van der Waals surface area contributed by atoms with Gasteiger partial charge in [-0.15, -0.1) is 11.3 Å². The van der Waals surface area contributed by atoms with Crippen LogP contribution in [0, 0.1) is 21.4 Å². The number of nitriles is 1. The Labute approximate surface area is 165 Å². The van der Waals surface area contributed by atoms with Crippen molar-refractivity contribution in [1.29, 1.82) is 5.26 Å². The second-order valence-electron chi connectivity index (χ2n) is 5.63. The third-order valence-electron chi connectivity index (χ3n) is 3.95. The van der Waals surface area contributed by atoms with Crippen molar-refractivity contribution in [3.8, 4) is 28.8 Å². The van der Waals surface area contributed by atoms with Gasteiger partial charge in [-0.3, -0.25) is 10.1 Å². The van der Waals surface area contributed by atoms with E-state index >= 15 is 0 Å². The largest absolute Gasteiger partial charge is 0.493 e. The molecule has 3 rings (SSSR count). The SMILES string of the molecule is COc1ccc(C=C(C#N)c2nc(-c3ccc([N+](=O)[O-])cc3)cs2)cc1OC. The maximum atomic E-state index is 10.8. The molecule has 0 aliphatic heterocycles. The first-order valence-corrected chi connectivity index (χ1v) is 8.98. The van der Waals surface area contributed by atoms with Gasteiger partial charge in [-0.05, 0) is 35.9 Å². The lowest BCUT2D eigenvalue weighted by Crippen LogP contribution is -1.91. The zero-order valence-corrected chi connectivity index (χ0v) is 15.9. The Kier molecular flexibility index (Phi) is 5.67. The van der Waals surface area contributed by atoms with Gasteiger partial charge in [-0.1, -0.05) is 6.07 Å². The molecule has 0 saturated carbocycles. The molecule has 28 heavy (non-hydrogen) atoms. The maximum absolute atomic E-state index is 10.8. The van der Waals surface area contributed by atoms with Gasteiger partial charge >= 0.3 is 0 Å². The summed E-state index contributed by atoms with van der Waals surface area (Å²) in [5.74, 6) is 1.17. The Morgan fingerprint density at radius 3 is 2.50 bits per heavy atom. The number of ether oxygens (including phenoxy) is 2. The number of hydrogen-bond donors (Lipinski definition) is 0. The Hall–Kier alpha value is -3.70. The van der Waals surface area contributed by atoms with Gasteiger partial charge in [-0.25, -0.2) is 4.98 Å². The van der Waals surface area contributed by atoms with Crippen LogP contribution in [-0.2, 0) is 0 Å². The van der Waals surface area contributed by atoms with Crippen LogP contribution in [0.5, 0.6) is 11.5 Å². The average Bonchev–Trinajstić information content (AvgIpc) is 3.21. The van der Waals surface area contributed by atoms with E-state index in [0.29, 0.717) is 27.8 Å². The molecule has 0 N–H and O–H groups in total. The molecule has 0 unspecified atom stereocenters. The molecule has 0 radical (unpaired) electrons. The molecule has 1 heterocycles. The molecule has 0 aliphatic rings. The summed E-state index contributed by atoms with van der Waals surface area (Å²) >= 11 is 1.33. The van der Waals surface area contributed by atoms with E-state index in [1.165, 1.54) is 23.5 Å². The van der Waals surface area contributed by atoms with Crippen molar-refractivity contribution in [2.75, 3.05) is 14.2 Å². The van der Waals surface area contributed by atoms with E-state index in [4.69, 9.17) is 9.47 Å². The molecular weight excluding hydrogens is 378 g/mol. The molecule has 8 heteroatoms. The van der Waals surface area contributed by atoms with Gasteiger partial charge in [0.25, 0.3) is 5.69 Å². The Bertz CT molecular complexity index is 1080. The predicted octanol–water partition coefficient (Wildman–Crippen LogP) is 4.80. The summed E-state index contributed by atoms with van der Waals surface area (Å²) in [6.45, 7) is 0. The highest BCUT2D eigenvalue weighted by Gasteiger charge is 2.12. The highest BCUT2D eigenvalue weighted by atomic mass is 32.1. The molecule has 0 saturated heterocycles. The molecule has 0 aliphatic carbocycles. The van der Waals surface area contributed by atoms with Crippen LogP contribution in [0.15, 0.2) is 47.8 Å². The normalized spacial score (nSPS) is 11.0. The first-order valence-electron chi connectivity index (χ1n) is 8.10. The molecule has 3 aromatic rings. The van der Waals surface area contributed by atoms with Crippen molar-refractivity contribution in [3.63, 3.8) is 0 Å². The number of allylic oxidation sites excluding steroid dienone is 1. The Morgan fingerprint density at radius 1 is 1.18 bits per heavy atom. The molecule has 0 amide bonds. The number of benzene rings is 2. The van der Waals surface area contributed by atoms with E-state index in [9.17, 15) is 15.4 Å². The summed E-state index contributed by atoms with van der Waals surface area (Å²) in [5.41, 5.74) is 2.61. The monoisotopic (exact) mass is 393 g/mol. The number of aromatic nitrogens is 1. The summed E-state index contributed by atoms with van der Waals surface area (Å²) in [4.78, 5) is 14.8. The van der Waals surface area contributed by atoms with Crippen molar-refractivity contribution >= 4 is 28.7 Å². The van der Waals surface area contributed by atoms with Gasteiger partial charge in [-0.2, -0.15) is 5.26 Å². The summed E-state index contributed by atoms with van der Waals surface area (Å²) < 4.78 is 10.5. The summed E-state index contributed by atoms with van der Waals surface area (Å²) in [5, 5.41) is 22.7. The number of methoxy groups -OCH3 is 2. The van der Waals surface area contributed by atoms with Gasteiger partial charge < -0.3 is 9.47 Å². The van der Waals surface area contributed by atoms with Crippen LogP contribution in [0.4, 0.5) is 5.69 Å². The zero-order valence-electron chi connectivity index (χ0n) is 15.1. The number of hydrogen-bond acceptors (Lipinski definition) is 7. The van der Waals surface area contributed by atoms with Gasteiger partial charge in [0.2, 0.25) is 0 Å². The molecule has 2 aromatic carbocycles. The van der Waals surface area contributed by atoms with Crippen LogP contribution in [-0.4, -0.2) is 24.1 Å². The van der Waals surface area contributed by atoms with Crippen molar-refractivity contribution in [1.82, 2.24) is 4.98 Å². The summed E-state index contributed by atoms with van der Waals surface area (Å²) in [7, 11) is 3.11. The van der Waals surface area contributed by atoms with E-state index in [-0.39, 0.29) is 5.69 Å². The minimum absolute atomic E-state index is 0.0188. The Balaban J connectivity index is 1.91. The highest BCUT2D eigenvalue weighted by molar-refractivity contribution is 7.11. The second-order valence-corrected chi connectivity index (χ2v) is 6.48. The number of thiazole rings is 1. The third kappa shape index (κ3) is 4.00. The number of rotatable bonds is 6. The van der Waals surface area contributed by atoms with Crippen LogP contribution in [0.1, 0.15) is 10.6 Å². The second kappa shape index (κ2) is 8.33. The third-order valence-corrected chi connectivity index (χ3v) is 4.82. The molecule has 0 bridgehead atoms. The van der Waals surface area contributed by atoms with E-state index < -0.39 is 4.92 Å². The molecule has 140 valence electrons. The standard InChI is InChI=1S/C20H15N3O4S/c1-26-18-8-3-13(10-19(18)27-2)9-15(11-21)20-22-17(12-28-20)14-4-6-16(7-5-14)23(24)25/h3-10,12H,1-2H3. The topological polar surface area (TPSA) is 98.3 Å². The molecule has 7 nitrogen and oxygen atoms in total. The maximum Gasteiger partial charge on any atom is 0.269 e. The highest BCUT2D eigenvalue weighted by Crippen LogP contribution is 2.31. The molecule has 0 fully saturated rings. The average molecular weight is 393 g/mol. The quantitative estimate of drug-likeness (QED) is 0.339. The Morgan fingerprint density at radius 2 is 1.89 bits per heavy atom. The van der Waals surface area contributed by atoms with Gasteiger partial charge in [0.05, 0.1) is 30.4 Å². The minimum Gasteiger partial charge on any atom is -0.493 e. The number of nitro benzene ring substituents is 1. The van der Waals surface area contributed by atoms with Crippen LogP contribution < -0.4 is 9.47 Å². The smallest absolute Gasteiger partial charge is 0.269 e. The fraction of sp³-hybridized carbons (Fsp3) is 0.100. The van der Waals surface area contributed by atoms with E-state index in [0.717, 1.165) is 11.1 Å². The lowest BCUT2D eigenvalue weighted by molar-refractivity contribution is -0.384. The first kappa shape index (κ1) is 19.1. The number of nitro groups is 1. The van der Waals surface area contributed by atoms with Crippen molar-refractivity contribution in [3.05, 3.63) is 68.5 Å². The van der Waals surface area contributed by atoms with Gasteiger partial charge in [0, 0.05) is 23.1 Å². The number of nitrogens with zero attached hydrogens (tertiary/aromatic N) is 3. The molecule has 0 atom stereocenters. The lowest BCUT2D eigenvalue weighted by Gasteiger charge is -2.07. The van der Waals surface area contributed by atoms with Crippen molar-refractivity contribution in [2.45, 2.75) is 0 Å². The fourth-order valence-electron chi connectivity index (χ4n) is 2.54. The van der Waals surface area contributed by atoms with Crippen molar-refractivity contribution < 1.29 is 14.4 Å². The van der Waals surface area contributed by atoms with Gasteiger partial charge in [0.1, 0.15) is 11.1 Å². The van der Waals surface area contributed by atoms with Crippen LogP contribution in [0.2, 0.25) is 0 Å². The summed E-state index contributed by atoms with van der Waals surface area (Å²) in [6.07, 6.45) is 1.72. The molecular formula is C20H15N3O4S. The fourth-order valence-corrected chi connectivity index (χ4v) is 3.33. The van der Waals surface area contributed by atoms with Gasteiger partial charge in [0.15, 0.2) is 11.5 Å². The van der Waals surface area contributed by atoms with Crippen molar-refractivity contribution in [2.24, 2.45) is 0 Å². The van der Waals surface area contributed by atoms with Crippen LogP contribution >= 0.6 is 11.3 Å². The minimum atomic E-state index is -0.449.